The number of benzene rings is 4. The summed E-state index contributed by atoms with van der Waals surface area (Å²) in [6, 6.07) is 17.3. The van der Waals surface area contributed by atoms with Crippen molar-refractivity contribution < 1.29 is 94.1 Å². The van der Waals surface area contributed by atoms with Crippen LogP contribution in [0.5, 0.6) is 11.5 Å². The summed E-state index contributed by atoms with van der Waals surface area (Å²) in [5, 5.41) is 17.6. The lowest BCUT2D eigenvalue weighted by atomic mass is 9.77. The van der Waals surface area contributed by atoms with E-state index in [1.165, 1.54) is 30.4 Å². The molecule has 3 heterocycles. The number of imide groups is 1. The molecule has 3 aliphatic rings. The van der Waals surface area contributed by atoms with Crippen molar-refractivity contribution in [3.63, 3.8) is 0 Å². The number of nitrogens with two attached hydrogens (primary N) is 1. The zero-order valence-electron chi connectivity index (χ0n) is 48.1. The molecule has 3 aliphatic heterocycles. The summed E-state index contributed by atoms with van der Waals surface area (Å²) >= 11 is 0. The second-order valence-corrected chi connectivity index (χ2v) is 21.7. The molecule has 0 aliphatic carbocycles. The maximum absolute atomic E-state index is 13.9. The molecule has 1 unspecified atom stereocenters. The van der Waals surface area contributed by atoms with Crippen molar-refractivity contribution in [2.75, 3.05) is 81.0 Å². The maximum atomic E-state index is 13.9. The highest BCUT2D eigenvalue weighted by Gasteiger charge is 2.53. The third-order valence-electron chi connectivity index (χ3n) is 13.5. The van der Waals surface area contributed by atoms with Crippen molar-refractivity contribution >= 4 is 86.8 Å². The van der Waals surface area contributed by atoms with Crippen molar-refractivity contribution in [3.05, 3.63) is 125 Å². The van der Waals surface area contributed by atoms with Gasteiger partial charge in [0.05, 0.1) is 58.4 Å². The number of primary amides is 1. The number of amides is 10. The molecule has 4 aromatic carbocycles. The minimum Gasteiger partial charge on any atom is -0.456 e. The van der Waals surface area contributed by atoms with Gasteiger partial charge in [-0.15, -0.1) is 0 Å². The minimum absolute atomic E-state index is 0.0155. The lowest BCUT2D eigenvalue weighted by molar-refractivity contribution is -0.137. The monoisotopic (exact) mass is 1240 g/mol. The third-order valence-corrected chi connectivity index (χ3v) is 14.3. The molecule has 88 heavy (non-hydrogen) atoms. The van der Waals surface area contributed by atoms with Crippen molar-refractivity contribution in [1.82, 2.24) is 26.2 Å². The van der Waals surface area contributed by atoms with Crippen LogP contribution in [0.4, 0.5) is 31.4 Å². The van der Waals surface area contributed by atoms with Gasteiger partial charge in [-0.05, 0) is 73.7 Å². The Hall–Kier alpha value is -9.49. The Labute approximate surface area is 504 Å². The summed E-state index contributed by atoms with van der Waals surface area (Å²) in [4.78, 5) is 129. The highest BCUT2D eigenvalue weighted by atomic mass is 32.2. The van der Waals surface area contributed by atoms with Crippen LogP contribution in [0.2, 0.25) is 0 Å². The molecule has 4 aromatic rings. The predicted octanol–water partition coefficient (Wildman–Crippen LogP) is 3.32. The van der Waals surface area contributed by atoms with E-state index in [9.17, 15) is 60.9 Å². The molecule has 0 saturated heterocycles. The first-order valence-corrected chi connectivity index (χ1v) is 29.4. The highest BCUT2D eigenvalue weighted by molar-refractivity contribution is 7.85. The minimum atomic E-state index is -4.88. The Morgan fingerprint density at radius 1 is 0.670 bits per heavy atom. The first kappa shape index (κ1) is 66.0. The van der Waals surface area contributed by atoms with Crippen LogP contribution in [0.1, 0.15) is 72.6 Å². The molecule has 30 heteroatoms. The number of ether oxygens (including phenoxy) is 7. The molecule has 29 nitrogen and oxygen atoms in total. The SMILES string of the molecule is CCOC(=O)Nc1ccc2c(c1)Oc1cc(NC(=O)OCc3ccc(NC(=O)[C@H](CCCNC(N)=O)NC(=O)[C@@H](NC(=O)[C@H](CS(=O)(=O)O)NC(=O)CCOCCOCCOCCN4C(=O)C=CC4=O)C(C)C)cc3)ccc1C21OC(=O)c2ccccc21. The van der Waals surface area contributed by atoms with E-state index in [2.05, 4.69) is 37.2 Å². The van der Waals surface area contributed by atoms with Gasteiger partial charge >= 0.3 is 24.2 Å². The van der Waals surface area contributed by atoms with Gasteiger partial charge in [-0.3, -0.25) is 48.9 Å². The summed E-state index contributed by atoms with van der Waals surface area (Å²) in [5.41, 5.74) is 6.98. The van der Waals surface area contributed by atoms with Crippen LogP contribution in [-0.2, 0) is 79.5 Å². The smallest absolute Gasteiger partial charge is 0.411 e. The number of nitrogens with zero attached hydrogens (tertiary/aromatic N) is 1. The maximum Gasteiger partial charge on any atom is 0.411 e. The molecule has 0 fully saturated rings. The standard InChI is InChI=1S/C58H67N9O20S/c1-4-84-56(76)62-37-15-17-41-45(30-37)86-46-31-38(16-18-42(46)58(41)40-9-6-5-8-39(40)54(74)87-58)63-57(77)85-32-35-11-13-36(14-12-35)61-51(71)43(10-7-22-60-55(59)75)65-53(73)50(34(2)3)66-52(72)44(33-88(78,79)80)64-47(68)21-24-81-26-28-83-29-27-82-25-23-67-48(69)19-20-49(67)70/h5-6,8-9,11-20,30-31,34,43-44,50H,4,7,10,21-29,32-33H2,1-3H3,(H,61,71)(H,62,76)(H,63,77)(H,64,68)(H,65,73)(H,66,72)(H3,59,60,75)(H,78,79,80)/t43-,44-,50-,58?/m0/s1. The van der Waals surface area contributed by atoms with Crippen molar-refractivity contribution in [1.29, 1.82) is 0 Å². The number of carbonyl (C=O) groups is 10. The van der Waals surface area contributed by atoms with Crippen molar-refractivity contribution in [3.8, 4) is 11.5 Å². The Balaban J connectivity index is 0.906. The van der Waals surface area contributed by atoms with Crippen LogP contribution in [0, 0.1) is 5.92 Å². The molecule has 10 N–H and O–H groups in total. The van der Waals surface area contributed by atoms with Gasteiger partial charge in [0.2, 0.25) is 23.6 Å². The Morgan fingerprint density at radius 2 is 1.26 bits per heavy atom. The van der Waals surface area contributed by atoms with Crippen LogP contribution in [0.25, 0.3) is 0 Å². The lowest BCUT2D eigenvalue weighted by Crippen LogP contribution is -2.59. The number of hydrogen-bond donors (Lipinski definition) is 9. The van der Waals surface area contributed by atoms with Gasteiger partial charge in [-0.1, -0.05) is 44.2 Å². The molecule has 0 radical (unpaired) electrons. The molecule has 0 aromatic heterocycles. The molecule has 4 atom stereocenters. The number of urea groups is 1. The summed E-state index contributed by atoms with van der Waals surface area (Å²) in [5.74, 6) is -6.45. The summed E-state index contributed by atoms with van der Waals surface area (Å²) in [6.45, 7) is 5.19. The van der Waals surface area contributed by atoms with Crippen LogP contribution in [0.3, 0.4) is 0 Å². The van der Waals surface area contributed by atoms with Crippen molar-refractivity contribution in [2.24, 2.45) is 11.7 Å². The normalized spacial score (nSPS) is 15.6. The zero-order valence-corrected chi connectivity index (χ0v) is 48.9. The molecule has 7 rings (SSSR count). The van der Waals surface area contributed by atoms with Gasteiger partial charge in [-0.2, -0.15) is 8.42 Å². The van der Waals surface area contributed by atoms with E-state index in [1.54, 1.807) is 87.5 Å². The summed E-state index contributed by atoms with van der Waals surface area (Å²) in [6.07, 6.45) is 0.527. The van der Waals surface area contributed by atoms with E-state index in [0.717, 1.165) is 4.90 Å². The summed E-state index contributed by atoms with van der Waals surface area (Å²) < 4.78 is 72.9. The Morgan fingerprint density at radius 3 is 1.86 bits per heavy atom. The van der Waals surface area contributed by atoms with Gasteiger partial charge in [0.15, 0.2) is 5.60 Å². The lowest BCUT2D eigenvalue weighted by Gasteiger charge is -2.36. The van der Waals surface area contributed by atoms with Crippen LogP contribution >= 0.6 is 0 Å². The number of esters is 1. The van der Waals surface area contributed by atoms with E-state index in [0.29, 0.717) is 33.5 Å². The number of anilines is 3. The number of nitrogens with one attached hydrogen (secondary N) is 7. The quantitative estimate of drug-likeness (QED) is 0.0115. The Kier molecular flexibility index (Phi) is 23.1. The number of carbonyl (C=O) groups excluding carboxylic acids is 10. The zero-order chi connectivity index (χ0) is 63.5. The molecule has 470 valence electrons. The van der Waals surface area contributed by atoms with Gasteiger partial charge < -0.3 is 65.5 Å². The van der Waals surface area contributed by atoms with E-state index in [4.69, 9.17) is 38.9 Å². The van der Waals surface area contributed by atoms with Gasteiger partial charge in [0, 0.05) is 71.0 Å². The van der Waals surface area contributed by atoms with Crippen LogP contribution < -0.4 is 47.7 Å². The van der Waals surface area contributed by atoms with E-state index < -0.39 is 105 Å². The number of rotatable bonds is 31. The van der Waals surface area contributed by atoms with Gasteiger partial charge in [-0.25, -0.2) is 19.2 Å². The molecular formula is C58H67N9O20S. The second-order valence-electron chi connectivity index (χ2n) is 20.2. The first-order valence-electron chi connectivity index (χ1n) is 27.8. The molecular weight excluding hydrogens is 1170 g/mol. The molecule has 1 spiro atoms. The van der Waals surface area contributed by atoms with Crippen molar-refractivity contribution in [2.45, 2.75) is 70.4 Å². The topological polar surface area (TPSA) is 403 Å². The average Bonchev–Trinajstić information content (AvgIpc) is 1.46. The van der Waals surface area contributed by atoms with Gasteiger partial charge in [0.25, 0.3) is 21.9 Å². The fraction of sp³-hybridized carbons (Fsp3) is 0.379. The average molecular weight is 1240 g/mol. The Bertz CT molecular complexity index is 3400. The molecule has 0 bridgehead atoms. The molecule has 0 saturated carbocycles. The molecule has 10 amide bonds. The number of hydrogen-bond acceptors (Lipinski definition) is 19. The second kappa shape index (κ2) is 30.7. The van der Waals surface area contributed by atoms with E-state index >= 15 is 0 Å². The highest BCUT2D eigenvalue weighted by Crippen LogP contribution is 2.56. The van der Waals surface area contributed by atoms with Gasteiger partial charge in [0.1, 0.15) is 42.0 Å². The van der Waals surface area contributed by atoms with E-state index in [-0.39, 0.29) is 108 Å². The fourth-order valence-corrected chi connectivity index (χ4v) is 10.0. The number of fused-ring (bicyclic) bond motifs is 6. The van der Waals surface area contributed by atoms with Crippen LogP contribution in [0.15, 0.2) is 97.1 Å². The van der Waals surface area contributed by atoms with Crippen LogP contribution in [-0.4, -0.2) is 161 Å². The first-order chi connectivity index (χ1) is 42.0. The predicted molar refractivity (Wildman–Crippen MR) is 311 cm³/mol. The fourth-order valence-electron chi connectivity index (χ4n) is 9.34. The third kappa shape index (κ3) is 18.0. The largest absolute Gasteiger partial charge is 0.456 e. The summed E-state index contributed by atoms with van der Waals surface area (Å²) in [7, 11) is -4.88. The van der Waals surface area contributed by atoms with E-state index in [1.807, 2.05) is 0 Å².